The van der Waals surface area contributed by atoms with E-state index in [1.807, 2.05) is 6.08 Å². The first-order valence-corrected chi connectivity index (χ1v) is 9.99. The van der Waals surface area contributed by atoms with Crippen molar-refractivity contribution in [2.24, 2.45) is 28.1 Å². The lowest BCUT2D eigenvalue weighted by Crippen LogP contribution is -2.66. The van der Waals surface area contributed by atoms with Crippen LogP contribution >= 0.6 is 0 Å². The van der Waals surface area contributed by atoms with Gasteiger partial charge >= 0.3 is 5.97 Å². The smallest absolute Gasteiger partial charge is 0.302 e. The molecule has 0 aromatic rings. The lowest BCUT2D eigenvalue weighted by Gasteiger charge is -2.66. The monoisotopic (exact) mass is 348 g/mol. The molecular weight excluding hydrogens is 312 g/mol. The Morgan fingerprint density at radius 2 is 1.88 bits per heavy atom. The SMILES string of the molecule is C=C[C@@]1(C)CC[C@H]2[C@@](O)(C[C@@H](OC(C)=O)[C@H]3C(C)(C)CCC[C@@]32C)C1. The van der Waals surface area contributed by atoms with Gasteiger partial charge in [0.1, 0.15) is 6.10 Å². The molecule has 0 aliphatic heterocycles. The number of fused-ring (bicyclic) bond motifs is 3. The van der Waals surface area contributed by atoms with Gasteiger partial charge in [-0.2, -0.15) is 0 Å². The quantitative estimate of drug-likeness (QED) is 0.571. The third-order valence-electron chi connectivity index (χ3n) is 7.98. The van der Waals surface area contributed by atoms with Gasteiger partial charge in [-0.05, 0) is 54.3 Å². The van der Waals surface area contributed by atoms with Crippen molar-refractivity contribution in [2.45, 2.75) is 91.3 Å². The van der Waals surface area contributed by atoms with Gasteiger partial charge in [-0.25, -0.2) is 0 Å². The Balaban J connectivity index is 2.05. The van der Waals surface area contributed by atoms with Gasteiger partial charge in [0.15, 0.2) is 0 Å². The Kier molecular flexibility index (Phi) is 4.42. The molecule has 0 amide bonds. The summed E-state index contributed by atoms with van der Waals surface area (Å²) in [6.07, 6.45) is 8.74. The van der Waals surface area contributed by atoms with Crippen LogP contribution in [-0.2, 0) is 9.53 Å². The highest BCUT2D eigenvalue weighted by molar-refractivity contribution is 5.66. The third kappa shape index (κ3) is 2.97. The molecule has 0 spiro atoms. The van der Waals surface area contributed by atoms with E-state index in [9.17, 15) is 9.90 Å². The number of esters is 1. The van der Waals surface area contributed by atoms with Crippen molar-refractivity contribution in [3.8, 4) is 0 Å². The molecule has 0 aromatic carbocycles. The van der Waals surface area contributed by atoms with E-state index in [4.69, 9.17) is 4.74 Å². The van der Waals surface area contributed by atoms with Crippen LogP contribution in [0.15, 0.2) is 12.7 Å². The number of carbonyl (C=O) groups is 1. The summed E-state index contributed by atoms with van der Waals surface area (Å²) >= 11 is 0. The second kappa shape index (κ2) is 5.84. The largest absolute Gasteiger partial charge is 0.462 e. The predicted octanol–water partition coefficient (Wildman–Crippen LogP) is 4.88. The number of rotatable bonds is 2. The molecule has 3 fully saturated rings. The minimum absolute atomic E-state index is 0.0252. The number of hydrogen-bond acceptors (Lipinski definition) is 3. The standard InChI is InChI=1S/C22H36O3/c1-7-20(5)12-9-17-21(6)11-8-10-19(3,4)18(21)16(25-15(2)23)13-22(17,24)14-20/h7,16-18,24H,1,8-14H2,2-6H3/t16-,17-,18+,20+,21-,22-/m1/s1. The molecule has 3 saturated carbocycles. The average molecular weight is 349 g/mol. The second-order valence-corrected chi connectivity index (χ2v) is 10.4. The Morgan fingerprint density at radius 3 is 2.48 bits per heavy atom. The molecule has 0 bridgehead atoms. The van der Waals surface area contributed by atoms with Crippen molar-refractivity contribution < 1.29 is 14.6 Å². The summed E-state index contributed by atoms with van der Waals surface area (Å²) in [7, 11) is 0. The van der Waals surface area contributed by atoms with Crippen molar-refractivity contribution in [1.82, 2.24) is 0 Å². The Bertz CT molecular complexity index is 568. The van der Waals surface area contributed by atoms with Crippen molar-refractivity contribution >= 4 is 5.97 Å². The van der Waals surface area contributed by atoms with Gasteiger partial charge in [0.2, 0.25) is 0 Å². The topological polar surface area (TPSA) is 46.5 Å². The van der Waals surface area contributed by atoms with Gasteiger partial charge in [0.25, 0.3) is 0 Å². The van der Waals surface area contributed by atoms with Crippen LogP contribution in [0.3, 0.4) is 0 Å². The summed E-state index contributed by atoms with van der Waals surface area (Å²) < 4.78 is 5.85. The zero-order valence-corrected chi connectivity index (χ0v) is 16.7. The van der Waals surface area contributed by atoms with E-state index in [0.717, 1.165) is 25.7 Å². The summed E-state index contributed by atoms with van der Waals surface area (Å²) in [5.74, 6) is 0.374. The second-order valence-electron chi connectivity index (χ2n) is 10.4. The fourth-order valence-electron chi connectivity index (χ4n) is 7.22. The molecular formula is C22H36O3. The minimum Gasteiger partial charge on any atom is -0.462 e. The molecule has 6 atom stereocenters. The minimum atomic E-state index is -0.764. The molecule has 142 valence electrons. The maximum absolute atomic E-state index is 11.8. The highest BCUT2D eigenvalue weighted by atomic mass is 16.5. The van der Waals surface area contributed by atoms with E-state index in [0.29, 0.717) is 12.3 Å². The van der Waals surface area contributed by atoms with E-state index < -0.39 is 5.60 Å². The number of aliphatic hydroxyl groups is 1. The van der Waals surface area contributed by atoms with Crippen molar-refractivity contribution in [2.75, 3.05) is 0 Å². The predicted molar refractivity (Wildman–Crippen MR) is 100.0 cm³/mol. The van der Waals surface area contributed by atoms with Crippen LogP contribution in [0.4, 0.5) is 0 Å². The summed E-state index contributed by atoms with van der Waals surface area (Å²) in [5.41, 5.74) is -0.635. The number of allylic oxidation sites excluding steroid dienone is 1. The van der Waals surface area contributed by atoms with Crippen LogP contribution in [0.1, 0.15) is 79.6 Å². The maximum atomic E-state index is 11.8. The van der Waals surface area contributed by atoms with Crippen LogP contribution in [0.25, 0.3) is 0 Å². The number of carbonyl (C=O) groups excluding carboxylic acids is 1. The first-order chi connectivity index (χ1) is 11.5. The van der Waals surface area contributed by atoms with Gasteiger partial charge in [0.05, 0.1) is 5.60 Å². The highest BCUT2D eigenvalue weighted by Crippen LogP contribution is 2.66. The van der Waals surface area contributed by atoms with E-state index in [2.05, 4.69) is 34.3 Å². The normalized spacial score (nSPS) is 48.8. The molecule has 0 aromatic heterocycles. The molecule has 3 rings (SSSR count). The van der Waals surface area contributed by atoms with Gasteiger partial charge in [0, 0.05) is 19.3 Å². The molecule has 0 radical (unpaired) electrons. The molecule has 3 aliphatic carbocycles. The van der Waals surface area contributed by atoms with Gasteiger partial charge in [-0.15, -0.1) is 6.58 Å². The van der Waals surface area contributed by atoms with Crippen LogP contribution < -0.4 is 0 Å². The fourth-order valence-corrected chi connectivity index (χ4v) is 7.22. The van der Waals surface area contributed by atoms with Crippen molar-refractivity contribution in [3.05, 3.63) is 12.7 Å². The molecule has 25 heavy (non-hydrogen) atoms. The first kappa shape index (κ1) is 18.9. The van der Waals surface area contributed by atoms with Crippen molar-refractivity contribution in [1.29, 1.82) is 0 Å². The third-order valence-corrected chi connectivity index (χ3v) is 7.98. The molecule has 3 heteroatoms. The molecule has 1 N–H and O–H groups in total. The number of hydrogen-bond donors (Lipinski definition) is 1. The van der Waals surface area contributed by atoms with Crippen LogP contribution in [0.2, 0.25) is 0 Å². The molecule has 0 unspecified atom stereocenters. The molecule has 0 saturated heterocycles. The Morgan fingerprint density at radius 1 is 1.20 bits per heavy atom. The molecule has 3 aliphatic rings. The zero-order chi connectivity index (χ0) is 18.7. The zero-order valence-electron chi connectivity index (χ0n) is 16.7. The van der Waals surface area contributed by atoms with Gasteiger partial charge in [-0.1, -0.05) is 40.2 Å². The average Bonchev–Trinajstić information content (AvgIpc) is 2.43. The van der Waals surface area contributed by atoms with E-state index in [-0.39, 0.29) is 34.2 Å². The summed E-state index contributed by atoms with van der Waals surface area (Å²) in [4.78, 5) is 11.8. The lowest BCUT2D eigenvalue weighted by molar-refractivity contribution is -0.245. The molecule has 3 nitrogen and oxygen atoms in total. The summed E-state index contributed by atoms with van der Waals surface area (Å²) in [6.45, 7) is 14.7. The van der Waals surface area contributed by atoms with E-state index in [1.54, 1.807) is 0 Å². The van der Waals surface area contributed by atoms with Gasteiger partial charge in [-0.3, -0.25) is 4.79 Å². The first-order valence-electron chi connectivity index (χ1n) is 9.99. The highest BCUT2D eigenvalue weighted by Gasteiger charge is 2.65. The summed E-state index contributed by atoms with van der Waals surface area (Å²) in [5, 5.41) is 11.8. The Hall–Kier alpha value is -0.830. The van der Waals surface area contributed by atoms with E-state index >= 15 is 0 Å². The van der Waals surface area contributed by atoms with Gasteiger partial charge < -0.3 is 9.84 Å². The number of ether oxygens (including phenoxy) is 1. The molecule has 0 heterocycles. The lowest BCUT2D eigenvalue weighted by atomic mass is 9.41. The summed E-state index contributed by atoms with van der Waals surface area (Å²) in [6, 6.07) is 0. The van der Waals surface area contributed by atoms with Crippen molar-refractivity contribution in [3.63, 3.8) is 0 Å². The Labute approximate surface area is 153 Å². The maximum Gasteiger partial charge on any atom is 0.302 e. The van der Waals surface area contributed by atoms with Crippen LogP contribution in [0, 0.1) is 28.1 Å². The fraction of sp³-hybridized carbons (Fsp3) is 0.864. The van der Waals surface area contributed by atoms with E-state index in [1.165, 1.54) is 19.8 Å². The van der Waals surface area contributed by atoms with Crippen LogP contribution in [-0.4, -0.2) is 22.8 Å². The van der Waals surface area contributed by atoms with Crippen LogP contribution in [0.5, 0.6) is 0 Å².